The number of hydrogen-bond donors (Lipinski definition) is 1. The average molecular weight is 283 g/mol. The van der Waals surface area contributed by atoms with Gasteiger partial charge < -0.3 is 0 Å². The summed E-state index contributed by atoms with van der Waals surface area (Å²) in [5, 5.41) is 2.24. The molecular formula is C12H11F6N. The zero-order chi connectivity index (χ0) is 14.2. The normalized spacial score (nSPS) is 24.5. The molecule has 1 saturated heterocycles. The second-order valence-electron chi connectivity index (χ2n) is 4.53. The van der Waals surface area contributed by atoms with Crippen LogP contribution in [0.4, 0.5) is 26.3 Å². The first-order valence-corrected chi connectivity index (χ1v) is 5.76. The van der Waals surface area contributed by atoms with E-state index in [1.165, 1.54) is 0 Å². The summed E-state index contributed by atoms with van der Waals surface area (Å²) in [4.78, 5) is 0. The first-order valence-electron chi connectivity index (χ1n) is 5.76. The highest BCUT2D eigenvalue weighted by Gasteiger charge is 2.42. The van der Waals surface area contributed by atoms with Crippen LogP contribution in [0.3, 0.4) is 0 Å². The fourth-order valence-electron chi connectivity index (χ4n) is 2.24. The molecule has 2 rings (SSSR count). The highest BCUT2D eigenvalue weighted by atomic mass is 19.4. The third-order valence-corrected chi connectivity index (χ3v) is 3.20. The van der Waals surface area contributed by atoms with E-state index in [9.17, 15) is 26.3 Å². The Morgan fingerprint density at radius 3 is 2.21 bits per heavy atom. The molecule has 1 N–H and O–H groups in total. The summed E-state index contributed by atoms with van der Waals surface area (Å²) in [7, 11) is 0. The Morgan fingerprint density at radius 1 is 0.947 bits per heavy atom. The monoisotopic (exact) mass is 283 g/mol. The van der Waals surface area contributed by atoms with E-state index in [2.05, 4.69) is 5.32 Å². The van der Waals surface area contributed by atoms with Gasteiger partial charge in [0.25, 0.3) is 0 Å². The summed E-state index contributed by atoms with van der Waals surface area (Å²) in [6, 6.07) is -1.75. The number of hydrogen-bond acceptors (Lipinski definition) is 1. The lowest BCUT2D eigenvalue weighted by molar-refractivity contribution is -0.163. The summed E-state index contributed by atoms with van der Waals surface area (Å²) in [6.07, 6.45) is -4.06. The second-order valence-corrected chi connectivity index (χ2v) is 4.53. The number of alkyl halides is 3. The minimum Gasteiger partial charge on any atom is -0.299 e. The van der Waals surface area contributed by atoms with Gasteiger partial charge in [-0.2, -0.15) is 13.2 Å². The maximum atomic E-state index is 13.5. The van der Waals surface area contributed by atoms with E-state index >= 15 is 0 Å². The van der Waals surface area contributed by atoms with Crippen molar-refractivity contribution in [1.29, 1.82) is 0 Å². The number of nitrogens with one attached hydrogen (secondary N) is 1. The fraction of sp³-hybridized carbons (Fsp3) is 0.500. The van der Waals surface area contributed by atoms with Crippen LogP contribution in [0.5, 0.6) is 0 Å². The van der Waals surface area contributed by atoms with Crippen LogP contribution < -0.4 is 5.32 Å². The van der Waals surface area contributed by atoms with Crippen LogP contribution in [-0.2, 0) is 0 Å². The number of halogens is 6. The van der Waals surface area contributed by atoms with Crippen LogP contribution in [0.1, 0.15) is 30.9 Å². The first-order chi connectivity index (χ1) is 8.79. The maximum absolute atomic E-state index is 13.5. The molecule has 7 heteroatoms. The predicted molar refractivity (Wildman–Crippen MR) is 55.9 cm³/mol. The van der Waals surface area contributed by atoms with Gasteiger partial charge in [0.15, 0.2) is 11.6 Å². The highest BCUT2D eigenvalue weighted by Crippen LogP contribution is 2.34. The molecule has 2 unspecified atom stereocenters. The van der Waals surface area contributed by atoms with E-state index in [1.807, 2.05) is 0 Å². The van der Waals surface area contributed by atoms with Gasteiger partial charge in [0.1, 0.15) is 11.9 Å². The molecule has 1 aromatic rings. The smallest absolute Gasteiger partial charge is 0.299 e. The third-order valence-electron chi connectivity index (χ3n) is 3.20. The van der Waals surface area contributed by atoms with Gasteiger partial charge in [0, 0.05) is 17.7 Å². The van der Waals surface area contributed by atoms with Gasteiger partial charge in [-0.3, -0.25) is 5.32 Å². The van der Waals surface area contributed by atoms with Gasteiger partial charge in [0.2, 0.25) is 0 Å². The van der Waals surface area contributed by atoms with Crippen molar-refractivity contribution in [3.8, 4) is 0 Å². The lowest BCUT2D eigenvalue weighted by Gasteiger charge is -2.32. The van der Waals surface area contributed by atoms with Gasteiger partial charge >= 0.3 is 6.18 Å². The van der Waals surface area contributed by atoms with Gasteiger partial charge in [-0.15, -0.1) is 0 Å². The molecule has 1 fully saturated rings. The quantitative estimate of drug-likeness (QED) is 0.610. The van der Waals surface area contributed by atoms with Crippen molar-refractivity contribution < 1.29 is 26.3 Å². The predicted octanol–water partition coefficient (Wildman–Crippen LogP) is 3.85. The molecular weight excluding hydrogens is 272 g/mol. The van der Waals surface area contributed by atoms with Crippen molar-refractivity contribution >= 4 is 0 Å². The van der Waals surface area contributed by atoms with E-state index in [4.69, 9.17) is 0 Å². The molecule has 1 aliphatic heterocycles. The van der Waals surface area contributed by atoms with E-state index < -0.39 is 35.7 Å². The van der Waals surface area contributed by atoms with Crippen molar-refractivity contribution in [1.82, 2.24) is 5.32 Å². The Balaban J connectivity index is 2.25. The van der Waals surface area contributed by atoms with Crippen LogP contribution in [0.2, 0.25) is 0 Å². The molecule has 0 bridgehead atoms. The Morgan fingerprint density at radius 2 is 1.58 bits per heavy atom. The average Bonchev–Trinajstić information content (AvgIpc) is 2.33. The molecule has 0 aromatic heterocycles. The summed E-state index contributed by atoms with van der Waals surface area (Å²) >= 11 is 0. The van der Waals surface area contributed by atoms with Crippen LogP contribution in [0.15, 0.2) is 12.1 Å². The molecule has 2 atom stereocenters. The summed E-state index contributed by atoms with van der Waals surface area (Å²) < 4.78 is 77.1. The van der Waals surface area contributed by atoms with Crippen molar-refractivity contribution in [3.63, 3.8) is 0 Å². The SMILES string of the molecule is Fc1cc(F)c(C2CCCC(C(F)(F)F)N2)cc1F. The summed E-state index contributed by atoms with van der Waals surface area (Å²) in [5.41, 5.74) is -0.271. The topological polar surface area (TPSA) is 12.0 Å². The molecule has 1 nitrogen and oxygen atoms in total. The summed E-state index contributed by atoms with van der Waals surface area (Å²) in [6.45, 7) is 0. The first kappa shape index (κ1) is 14.2. The molecule has 1 aliphatic rings. The van der Waals surface area contributed by atoms with Crippen molar-refractivity contribution in [2.24, 2.45) is 0 Å². The Bertz CT molecular complexity index is 470. The zero-order valence-corrected chi connectivity index (χ0v) is 9.70. The Kier molecular flexibility index (Phi) is 3.75. The number of benzene rings is 1. The van der Waals surface area contributed by atoms with Gasteiger partial charge in [-0.05, 0) is 25.3 Å². The van der Waals surface area contributed by atoms with Crippen LogP contribution in [0, 0.1) is 17.5 Å². The Labute approximate surface area is 105 Å². The minimum atomic E-state index is -4.44. The largest absolute Gasteiger partial charge is 0.403 e. The van der Waals surface area contributed by atoms with Gasteiger partial charge in [-0.25, -0.2) is 13.2 Å². The maximum Gasteiger partial charge on any atom is 0.403 e. The number of piperidine rings is 1. The molecule has 106 valence electrons. The van der Waals surface area contributed by atoms with E-state index in [-0.39, 0.29) is 24.8 Å². The molecule has 19 heavy (non-hydrogen) atoms. The van der Waals surface area contributed by atoms with Gasteiger partial charge in [0.05, 0.1) is 0 Å². The fourth-order valence-corrected chi connectivity index (χ4v) is 2.24. The van der Waals surface area contributed by atoms with Crippen LogP contribution in [0.25, 0.3) is 0 Å². The second kappa shape index (κ2) is 5.03. The number of rotatable bonds is 1. The Hall–Kier alpha value is -1.24. The lowest BCUT2D eigenvalue weighted by Crippen LogP contribution is -2.46. The minimum absolute atomic E-state index is 0.106. The molecule has 1 heterocycles. The van der Waals surface area contributed by atoms with Gasteiger partial charge in [-0.1, -0.05) is 0 Å². The molecule has 0 saturated carbocycles. The molecule has 0 spiro atoms. The van der Waals surface area contributed by atoms with Crippen molar-refractivity contribution in [2.75, 3.05) is 0 Å². The molecule has 0 aliphatic carbocycles. The van der Waals surface area contributed by atoms with Crippen molar-refractivity contribution in [3.05, 3.63) is 35.1 Å². The van der Waals surface area contributed by atoms with Crippen LogP contribution in [-0.4, -0.2) is 12.2 Å². The van der Waals surface area contributed by atoms with Crippen molar-refractivity contribution in [2.45, 2.75) is 37.5 Å². The molecule has 1 aromatic carbocycles. The lowest BCUT2D eigenvalue weighted by atomic mass is 9.93. The van der Waals surface area contributed by atoms with Crippen LogP contribution >= 0.6 is 0 Å². The van der Waals surface area contributed by atoms with E-state index in [0.717, 1.165) is 0 Å². The molecule has 0 radical (unpaired) electrons. The van der Waals surface area contributed by atoms with E-state index in [0.29, 0.717) is 12.1 Å². The highest BCUT2D eigenvalue weighted by molar-refractivity contribution is 5.24. The zero-order valence-electron chi connectivity index (χ0n) is 9.70. The van der Waals surface area contributed by atoms with E-state index in [1.54, 1.807) is 0 Å². The molecule has 0 amide bonds. The third kappa shape index (κ3) is 3.02. The standard InChI is InChI=1S/C12H11F6N/c13-7-5-9(15)8(14)4-6(7)10-2-1-3-11(19-10)12(16,17)18/h4-5,10-11,19H,1-3H2. The summed E-state index contributed by atoms with van der Waals surface area (Å²) in [5.74, 6) is -3.67.